The summed E-state index contributed by atoms with van der Waals surface area (Å²) in [6, 6.07) is 0.574. The number of alkyl halides is 3. The van der Waals surface area contributed by atoms with Gasteiger partial charge >= 0.3 is 6.18 Å². The minimum absolute atomic E-state index is 0.542. The molecule has 3 nitrogen and oxygen atoms in total. The highest BCUT2D eigenvalue weighted by atomic mass is 19.4. The lowest BCUT2D eigenvalue weighted by molar-refractivity contribution is -0.149. The van der Waals surface area contributed by atoms with E-state index < -0.39 is 12.7 Å². The van der Waals surface area contributed by atoms with Gasteiger partial charge in [0, 0.05) is 38.8 Å². The first-order valence-corrected chi connectivity index (χ1v) is 7.17. The van der Waals surface area contributed by atoms with E-state index in [1.165, 1.54) is 17.7 Å². The Kier molecular flexibility index (Phi) is 5.09. The number of piperidine rings is 1. The zero-order valence-corrected chi connectivity index (χ0v) is 11.5. The summed E-state index contributed by atoms with van der Waals surface area (Å²) in [5.41, 5.74) is 0. The fourth-order valence-corrected chi connectivity index (χ4v) is 3.15. The van der Waals surface area contributed by atoms with Crippen LogP contribution in [0.4, 0.5) is 13.2 Å². The summed E-state index contributed by atoms with van der Waals surface area (Å²) in [7, 11) is 0. The molecular formula is C13H24F3N3. The number of nitrogens with zero attached hydrogens (tertiary/aromatic N) is 2. The maximum Gasteiger partial charge on any atom is 0.401 e. The Bertz CT molecular complexity index is 275. The molecule has 2 saturated heterocycles. The second kappa shape index (κ2) is 6.41. The van der Waals surface area contributed by atoms with Gasteiger partial charge in [-0.05, 0) is 32.2 Å². The van der Waals surface area contributed by atoms with Gasteiger partial charge in [0.05, 0.1) is 6.54 Å². The van der Waals surface area contributed by atoms with Crippen molar-refractivity contribution in [1.29, 1.82) is 0 Å². The molecule has 2 aliphatic rings. The minimum atomic E-state index is -4.06. The van der Waals surface area contributed by atoms with Crippen molar-refractivity contribution in [2.24, 2.45) is 5.92 Å². The van der Waals surface area contributed by atoms with Gasteiger partial charge in [0.15, 0.2) is 0 Å². The Morgan fingerprint density at radius 3 is 2.32 bits per heavy atom. The first-order valence-electron chi connectivity index (χ1n) is 7.17. The van der Waals surface area contributed by atoms with Crippen molar-refractivity contribution in [2.75, 3.05) is 45.8 Å². The zero-order valence-electron chi connectivity index (χ0n) is 11.5. The van der Waals surface area contributed by atoms with Crippen LogP contribution in [0.1, 0.15) is 19.8 Å². The van der Waals surface area contributed by atoms with Crippen molar-refractivity contribution in [2.45, 2.75) is 32.0 Å². The highest BCUT2D eigenvalue weighted by molar-refractivity contribution is 4.80. The Hall–Kier alpha value is -0.330. The van der Waals surface area contributed by atoms with Gasteiger partial charge in [-0.1, -0.05) is 0 Å². The first kappa shape index (κ1) is 15.1. The molecule has 6 heteroatoms. The van der Waals surface area contributed by atoms with Gasteiger partial charge in [-0.25, -0.2) is 0 Å². The molecule has 0 aromatic carbocycles. The van der Waals surface area contributed by atoms with Gasteiger partial charge in [-0.2, -0.15) is 13.2 Å². The average Bonchev–Trinajstić information content (AvgIpc) is 2.30. The number of halogens is 3. The standard InChI is InChI=1S/C13H24F3N3/c1-11-8-12(2-3-17-11)9-18-4-6-19(7-5-18)10-13(14,15)16/h11-12,17H,2-10H2,1H3. The number of nitrogens with one attached hydrogen (secondary N) is 1. The summed E-state index contributed by atoms with van der Waals surface area (Å²) in [6.45, 7) is 6.19. The number of hydrogen-bond acceptors (Lipinski definition) is 3. The monoisotopic (exact) mass is 279 g/mol. The number of piperazine rings is 1. The lowest BCUT2D eigenvalue weighted by atomic mass is 9.92. The molecule has 0 aromatic rings. The predicted molar refractivity (Wildman–Crippen MR) is 69.1 cm³/mol. The van der Waals surface area contributed by atoms with Crippen LogP contribution in [0.15, 0.2) is 0 Å². The quantitative estimate of drug-likeness (QED) is 0.846. The lowest BCUT2D eigenvalue weighted by Gasteiger charge is -2.38. The van der Waals surface area contributed by atoms with Crippen molar-refractivity contribution < 1.29 is 13.2 Å². The Morgan fingerprint density at radius 1 is 1.11 bits per heavy atom. The third-order valence-corrected chi connectivity index (χ3v) is 4.12. The molecular weight excluding hydrogens is 255 g/mol. The summed E-state index contributed by atoms with van der Waals surface area (Å²) < 4.78 is 36.9. The number of rotatable bonds is 3. The molecule has 0 saturated carbocycles. The van der Waals surface area contributed by atoms with Crippen molar-refractivity contribution in [1.82, 2.24) is 15.1 Å². The van der Waals surface area contributed by atoms with E-state index in [4.69, 9.17) is 0 Å². The van der Waals surface area contributed by atoms with E-state index >= 15 is 0 Å². The summed E-state index contributed by atoms with van der Waals surface area (Å²) in [5.74, 6) is 0.699. The maximum atomic E-state index is 12.3. The molecule has 2 fully saturated rings. The van der Waals surface area contributed by atoms with Crippen molar-refractivity contribution >= 4 is 0 Å². The normalized spacial score (nSPS) is 31.6. The first-order chi connectivity index (χ1) is 8.92. The fourth-order valence-electron chi connectivity index (χ4n) is 3.15. The van der Waals surface area contributed by atoms with Gasteiger partial charge < -0.3 is 10.2 Å². The van der Waals surface area contributed by atoms with Crippen LogP contribution in [0.2, 0.25) is 0 Å². The smallest absolute Gasteiger partial charge is 0.314 e. The van der Waals surface area contributed by atoms with Gasteiger partial charge in [-0.3, -0.25) is 4.90 Å². The molecule has 0 aliphatic carbocycles. The van der Waals surface area contributed by atoms with Crippen LogP contribution in [0.3, 0.4) is 0 Å². The topological polar surface area (TPSA) is 18.5 Å². The van der Waals surface area contributed by atoms with Crippen LogP contribution >= 0.6 is 0 Å². The van der Waals surface area contributed by atoms with Crippen LogP contribution in [0.25, 0.3) is 0 Å². The van der Waals surface area contributed by atoms with Crippen LogP contribution in [0, 0.1) is 5.92 Å². The molecule has 2 unspecified atom stereocenters. The SMILES string of the molecule is CC1CC(CN2CCN(CC(F)(F)F)CC2)CCN1. The Balaban J connectivity index is 1.68. The molecule has 2 heterocycles. The average molecular weight is 279 g/mol. The molecule has 0 aromatic heterocycles. The van der Waals surface area contributed by atoms with E-state index in [2.05, 4.69) is 17.1 Å². The molecule has 2 aliphatic heterocycles. The molecule has 19 heavy (non-hydrogen) atoms. The fraction of sp³-hybridized carbons (Fsp3) is 1.00. The van der Waals surface area contributed by atoms with Crippen LogP contribution < -0.4 is 5.32 Å². The van der Waals surface area contributed by atoms with Gasteiger partial charge in [0.25, 0.3) is 0 Å². The second-order valence-electron chi connectivity index (χ2n) is 5.94. The van der Waals surface area contributed by atoms with Crippen molar-refractivity contribution in [3.8, 4) is 0 Å². The highest BCUT2D eigenvalue weighted by Gasteiger charge is 2.32. The summed E-state index contributed by atoms with van der Waals surface area (Å²) in [4.78, 5) is 3.84. The highest BCUT2D eigenvalue weighted by Crippen LogP contribution is 2.20. The van der Waals surface area contributed by atoms with E-state index in [9.17, 15) is 13.2 Å². The van der Waals surface area contributed by atoms with Crippen LogP contribution in [0.5, 0.6) is 0 Å². The van der Waals surface area contributed by atoms with E-state index in [0.717, 1.165) is 26.2 Å². The Morgan fingerprint density at radius 2 is 1.74 bits per heavy atom. The van der Waals surface area contributed by atoms with E-state index in [-0.39, 0.29) is 0 Å². The summed E-state index contributed by atoms with van der Waals surface area (Å²) >= 11 is 0. The molecule has 2 rings (SSSR count). The molecule has 0 spiro atoms. The predicted octanol–water partition coefficient (Wildman–Crippen LogP) is 1.55. The molecule has 0 amide bonds. The molecule has 0 bridgehead atoms. The van der Waals surface area contributed by atoms with Crippen molar-refractivity contribution in [3.63, 3.8) is 0 Å². The molecule has 0 radical (unpaired) electrons. The summed E-state index contributed by atoms with van der Waals surface area (Å²) in [6.07, 6.45) is -1.69. The third-order valence-electron chi connectivity index (χ3n) is 4.12. The van der Waals surface area contributed by atoms with Crippen LogP contribution in [-0.2, 0) is 0 Å². The Labute approximate surface area is 113 Å². The van der Waals surface area contributed by atoms with E-state index in [1.807, 2.05) is 0 Å². The van der Waals surface area contributed by atoms with Gasteiger partial charge in [-0.15, -0.1) is 0 Å². The lowest BCUT2D eigenvalue weighted by Crippen LogP contribution is -2.51. The molecule has 112 valence electrons. The molecule has 1 N–H and O–H groups in total. The minimum Gasteiger partial charge on any atom is -0.314 e. The maximum absolute atomic E-state index is 12.3. The third kappa shape index (κ3) is 5.28. The van der Waals surface area contributed by atoms with Gasteiger partial charge in [0.1, 0.15) is 0 Å². The van der Waals surface area contributed by atoms with Crippen LogP contribution in [-0.4, -0.2) is 67.8 Å². The van der Waals surface area contributed by atoms with E-state index in [0.29, 0.717) is 25.0 Å². The van der Waals surface area contributed by atoms with Gasteiger partial charge in [0.2, 0.25) is 0 Å². The largest absolute Gasteiger partial charge is 0.401 e. The number of hydrogen-bond donors (Lipinski definition) is 1. The second-order valence-corrected chi connectivity index (χ2v) is 5.94. The molecule has 2 atom stereocenters. The summed E-state index contributed by atoms with van der Waals surface area (Å²) in [5, 5.41) is 3.43. The van der Waals surface area contributed by atoms with Crippen molar-refractivity contribution in [3.05, 3.63) is 0 Å². The zero-order chi connectivity index (χ0) is 13.9. The van der Waals surface area contributed by atoms with E-state index in [1.54, 1.807) is 0 Å².